The van der Waals surface area contributed by atoms with E-state index in [2.05, 4.69) is 69.1 Å². The van der Waals surface area contributed by atoms with Gasteiger partial charge in [-0.15, -0.1) is 0 Å². The Bertz CT molecular complexity index is 1390. The minimum atomic E-state index is -0.871. The molecule has 0 amide bonds. The number of likely N-dealkylation sites (N-methyl/N-ethyl adjacent to an activating group) is 1. The summed E-state index contributed by atoms with van der Waals surface area (Å²) < 4.78 is 12.5. The molecule has 2 bridgehead atoms. The fourth-order valence-corrected chi connectivity index (χ4v) is 9.25. The van der Waals surface area contributed by atoms with Crippen LogP contribution in [0.3, 0.4) is 0 Å². The maximum absolute atomic E-state index is 11.2. The van der Waals surface area contributed by atoms with Gasteiger partial charge >= 0.3 is 0 Å². The number of ether oxygens (including phenoxy) is 2. The van der Waals surface area contributed by atoms with Crippen LogP contribution in [-0.2, 0) is 9.47 Å². The van der Waals surface area contributed by atoms with Crippen LogP contribution in [0.5, 0.6) is 0 Å². The molecule has 3 heterocycles. The molecule has 242 valence electrons. The lowest BCUT2D eigenvalue weighted by Crippen LogP contribution is -2.61. The molecule has 8 atom stereocenters. The summed E-state index contributed by atoms with van der Waals surface area (Å²) in [5.74, 6) is 1.62. The van der Waals surface area contributed by atoms with E-state index in [4.69, 9.17) is 9.47 Å². The molecule has 6 heteroatoms. The zero-order valence-corrected chi connectivity index (χ0v) is 27.1. The summed E-state index contributed by atoms with van der Waals surface area (Å²) in [6, 6.07) is 8.90. The second-order valence-electron chi connectivity index (χ2n) is 14.8. The van der Waals surface area contributed by atoms with Gasteiger partial charge in [-0.25, -0.2) is 0 Å². The Labute approximate surface area is 265 Å². The molecule has 0 radical (unpaired) electrons. The summed E-state index contributed by atoms with van der Waals surface area (Å²) in [7, 11) is 3.98. The van der Waals surface area contributed by atoms with E-state index in [0.29, 0.717) is 17.8 Å². The van der Waals surface area contributed by atoms with E-state index in [0.717, 1.165) is 57.3 Å². The average Bonchev–Trinajstić information content (AvgIpc) is 3.50. The molecular weight excluding hydrogens is 548 g/mol. The Morgan fingerprint density at radius 3 is 2.64 bits per heavy atom. The standard InChI is InChI=1S/C30H36N2O3.C7H16O.CH4/c1-28-10-8-21-15-23-26(33)27(34)24(32(2)3)16-29(23)11-12-30(21,35-29)25(28)7-6-22(28)19-5-4-18-9-13-31-17-20(18)14-19;1-4-5-8-6-7(2)3;/h4-5,8-9,13-15,17,22,24-27,33-34H,6-7,10-12,16H2,1-3H3;7H,4-6H2,1-3H3;1H4/t22-,24+,25-,26-,27-,28-,29-,30-;;/m1../s1. The van der Waals surface area contributed by atoms with Crippen molar-refractivity contribution in [2.45, 2.75) is 115 Å². The van der Waals surface area contributed by atoms with Crippen LogP contribution in [0, 0.1) is 17.3 Å². The normalized spacial score (nSPS) is 36.9. The van der Waals surface area contributed by atoms with Crippen molar-refractivity contribution in [3.05, 3.63) is 65.5 Å². The van der Waals surface area contributed by atoms with Crippen molar-refractivity contribution in [2.24, 2.45) is 17.3 Å². The van der Waals surface area contributed by atoms with Gasteiger partial charge in [0.2, 0.25) is 0 Å². The number of aliphatic hydroxyl groups is 2. The number of rotatable bonds is 6. The lowest BCUT2D eigenvalue weighted by Gasteiger charge is -2.56. The summed E-state index contributed by atoms with van der Waals surface area (Å²) in [4.78, 5) is 6.40. The number of fused-ring (bicyclic) bond motifs is 2. The minimum Gasteiger partial charge on any atom is -0.388 e. The lowest BCUT2D eigenvalue weighted by atomic mass is 9.58. The van der Waals surface area contributed by atoms with E-state index in [1.54, 1.807) is 0 Å². The van der Waals surface area contributed by atoms with Gasteiger partial charge in [0.15, 0.2) is 0 Å². The molecule has 7 rings (SSSR count). The molecular formula is C38H56N2O4. The van der Waals surface area contributed by atoms with Gasteiger partial charge in [-0.3, -0.25) is 4.98 Å². The Kier molecular flexibility index (Phi) is 9.53. The van der Waals surface area contributed by atoms with Crippen LogP contribution in [0.25, 0.3) is 10.8 Å². The molecule has 6 nitrogen and oxygen atoms in total. The van der Waals surface area contributed by atoms with Crippen LogP contribution in [0.1, 0.15) is 91.5 Å². The summed E-state index contributed by atoms with van der Waals surface area (Å²) in [6.07, 6.45) is 13.9. The lowest BCUT2D eigenvalue weighted by molar-refractivity contribution is -0.165. The molecule has 3 fully saturated rings. The van der Waals surface area contributed by atoms with Crippen molar-refractivity contribution >= 4 is 10.8 Å². The third kappa shape index (κ3) is 5.39. The fourth-order valence-electron chi connectivity index (χ4n) is 9.25. The molecule has 2 aromatic rings. The Morgan fingerprint density at radius 2 is 1.91 bits per heavy atom. The van der Waals surface area contributed by atoms with Gasteiger partial charge in [0.1, 0.15) is 6.10 Å². The zero-order valence-electron chi connectivity index (χ0n) is 27.1. The third-order valence-electron chi connectivity index (χ3n) is 11.4. The van der Waals surface area contributed by atoms with Gasteiger partial charge in [-0.1, -0.05) is 59.4 Å². The van der Waals surface area contributed by atoms with E-state index in [9.17, 15) is 10.2 Å². The number of hydrogen-bond donors (Lipinski definition) is 2. The first-order chi connectivity index (χ1) is 20.5. The molecule has 2 spiro atoms. The monoisotopic (exact) mass is 604 g/mol. The summed E-state index contributed by atoms with van der Waals surface area (Å²) in [6.45, 7) is 10.8. The first kappa shape index (κ1) is 33.3. The van der Waals surface area contributed by atoms with Crippen LogP contribution < -0.4 is 0 Å². The topological polar surface area (TPSA) is 75.1 Å². The van der Waals surface area contributed by atoms with Crippen molar-refractivity contribution in [1.82, 2.24) is 9.88 Å². The Balaban J connectivity index is 0.000000380. The number of benzene rings is 1. The number of nitrogens with zero attached hydrogens (tertiary/aromatic N) is 2. The second kappa shape index (κ2) is 12.6. The number of pyridine rings is 1. The molecule has 2 N–H and O–H groups in total. The number of allylic oxidation sites excluding steroid dienone is 1. The third-order valence-corrected chi connectivity index (χ3v) is 11.4. The maximum Gasteiger partial charge on any atom is 0.105 e. The van der Waals surface area contributed by atoms with Crippen molar-refractivity contribution in [1.29, 1.82) is 0 Å². The van der Waals surface area contributed by atoms with Crippen molar-refractivity contribution in [3.8, 4) is 0 Å². The molecule has 2 aliphatic heterocycles. The quantitative estimate of drug-likeness (QED) is 0.344. The van der Waals surface area contributed by atoms with E-state index < -0.39 is 17.8 Å². The molecule has 44 heavy (non-hydrogen) atoms. The predicted molar refractivity (Wildman–Crippen MR) is 179 cm³/mol. The second-order valence-corrected chi connectivity index (χ2v) is 14.8. The van der Waals surface area contributed by atoms with Gasteiger partial charge in [0.25, 0.3) is 0 Å². The van der Waals surface area contributed by atoms with Gasteiger partial charge < -0.3 is 24.6 Å². The zero-order chi connectivity index (χ0) is 30.6. The first-order valence-corrected chi connectivity index (χ1v) is 16.6. The summed E-state index contributed by atoms with van der Waals surface area (Å²) >= 11 is 0. The Morgan fingerprint density at radius 1 is 1.11 bits per heavy atom. The van der Waals surface area contributed by atoms with E-state index in [1.165, 1.54) is 28.3 Å². The van der Waals surface area contributed by atoms with Crippen molar-refractivity contribution in [2.75, 3.05) is 27.3 Å². The predicted octanol–water partition coefficient (Wildman–Crippen LogP) is 7.05. The van der Waals surface area contributed by atoms with Crippen LogP contribution in [-0.4, -0.2) is 76.9 Å². The van der Waals surface area contributed by atoms with Gasteiger partial charge in [0.05, 0.1) is 17.3 Å². The van der Waals surface area contributed by atoms with Crippen LogP contribution in [0.4, 0.5) is 0 Å². The molecule has 5 aliphatic rings. The minimum absolute atomic E-state index is 0. The van der Waals surface area contributed by atoms with E-state index >= 15 is 0 Å². The average molecular weight is 605 g/mol. The number of hydrogen-bond acceptors (Lipinski definition) is 6. The largest absolute Gasteiger partial charge is 0.388 e. The maximum atomic E-state index is 11.2. The van der Waals surface area contributed by atoms with Crippen molar-refractivity contribution < 1.29 is 19.7 Å². The molecule has 2 saturated carbocycles. The highest BCUT2D eigenvalue weighted by atomic mass is 16.5. The van der Waals surface area contributed by atoms with Crippen LogP contribution in [0.2, 0.25) is 0 Å². The van der Waals surface area contributed by atoms with Gasteiger partial charge in [-0.2, -0.15) is 0 Å². The van der Waals surface area contributed by atoms with Crippen molar-refractivity contribution in [3.63, 3.8) is 0 Å². The van der Waals surface area contributed by atoms with Crippen LogP contribution >= 0.6 is 0 Å². The Hall–Kier alpha value is -2.09. The highest BCUT2D eigenvalue weighted by Crippen LogP contribution is 2.69. The molecule has 1 saturated heterocycles. The van der Waals surface area contributed by atoms with E-state index in [-0.39, 0.29) is 24.5 Å². The highest BCUT2D eigenvalue weighted by molar-refractivity contribution is 5.82. The molecule has 1 aromatic carbocycles. The number of aromatic nitrogens is 1. The summed E-state index contributed by atoms with van der Waals surface area (Å²) in [5, 5.41) is 24.5. The fraction of sp³-hybridized carbons (Fsp3) is 0.658. The molecule has 3 aliphatic carbocycles. The highest BCUT2D eigenvalue weighted by Gasteiger charge is 2.68. The van der Waals surface area contributed by atoms with Crippen LogP contribution in [0.15, 0.2) is 60.0 Å². The molecule has 1 aromatic heterocycles. The first-order valence-electron chi connectivity index (χ1n) is 16.6. The van der Waals surface area contributed by atoms with Gasteiger partial charge in [-0.05, 0) is 116 Å². The van der Waals surface area contributed by atoms with E-state index in [1.807, 2.05) is 31.4 Å². The molecule has 0 unspecified atom stereocenters. The summed E-state index contributed by atoms with van der Waals surface area (Å²) in [5.41, 5.74) is 2.97. The smallest absolute Gasteiger partial charge is 0.105 e. The van der Waals surface area contributed by atoms with Gasteiger partial charge in [0, 0.05) is 37.0 Å². The SMILES string of the molecule is C.CCCOCC(C)C.CN(C)[C@H]1C[C@@]23CC[C@@]4(O2)C(=CC[C@]2(C)[C@@H](c5ccc6ccncc6c5)CC[C@H]24)C=C3[C@@H](O)[C@@H]1O. The number of aliphatic hydroxyl groups excluding tert-OH is 2.